The number of nitrogens with one attached hydrogen (secondary N) is 4. The molecule has 2 aromatic carbocycles. The molecule has 0 spiro atoms. The summed E-state index contributed by atoms with van der Waals surface area (Å²) in [6.07, 6.45) is 4.54. The Morgan fingerprint density at radius 3 is 2.36 bits per heavy atom. The molecule has 2 saturated heterocycles. The average molecular weight is 612 g/mol. The Hall–Kier alpha value is -4.80. The van der Waals surface area contributed by atoms with Gasteiger partial charge in [0.1, 0.15) is 5.82 Å². The third-order valence-corrected chi connectivity index (χ3v) is 8.94. The number of benzene rings is 2. The van der Waals surface area contributed by atoms with Crippen molar-refractivity contribution in [2.45, 2.75) is 83.7 Å². The van der Waals surface area contributed by atoms with Crippen LogP contribution in [-0.4, -0.2) is 53.8 Å². The summed E-state index contributed by atoms with van der Waals surface area (Å²) in [7, 11) is 0. The van der Waals surface area contributed by atoms with E-state index in [4.69, 9.17) is 5.10 Å². The summed E-state index contributed by atoms with van der Waals surface area (Å²) in [4.78, 5) is 44.5. The highest BCUT2D eigenvalue weighted by molar-refractivity contribution is 5.99. The summed E-state index contributed by atoms with van der Waals surface area (Å²) < 4.78 is 1.77. The van der Waals surface area contributed by atoms with Crippen LogP contribution in [0.5, 0.6) is 5.88 Å². The van der Waals surface area contributed by atoms with Gasteiger partial charge in [-0.1, -0.05) is 50.6 Å². The zero-order valence-corrected chi connectivity index (χ0v) is 26.2. The SMILES string of the molecule is Cc1ccc(-n2nc(C(C)(C)C)cc2NC(=O)Nc2cccc(CC3CC4CCC(C3)N4C(=O)Cc3[nH]c(=O)[nH]c3O)c2)cc1. The molecule has 6 rings (SSSR count). The van der Waals surface area contributed by atoms with Gasteiger partial charge in [0.15, 0.2) is 0 Å². The molecule has 2 bridgehead atoms. The van der Waals surface area contributed by atoms with Crippen molar-refractivity contribution in [3.05, 3.63) is 87.6 Å². The molecule has 0 aliphatic carbocycles. The van der Waals surface area contributed by atoms with E-state index in [-0.39, 0.29) is 47.4 Å². The first-order valence-electron chi connectivity index (χ1n) is 15.6. The van der Waals surface area contributed by atoms with Gasteiger partial charge < -0.3 is 20.3 Å². The molecular formula is C34H41N7O4. The van der Waals surface area contributed by atoms with Crippen LogP contribution in [0.4, 0.5) is 16.3 Å². The van der Waals surface area contributed by atoms with Crippen molar-refractivity contribution in [3.63, 3.8) is 0 Å². The van der Waals surface area contributed by atoms with E-state index in [1.165, 1.54) is 0 Å². The molecule has 4 heterocycles. The zero-order chi connectivity index (χ0) is 31.9. The predicted molar refractivity (Wildman–Crippen MR) is 173 cm³/mol. The quantitative estimate of drug-likeness (QED) is 0.190. The number of aromatic hydroxyl groups is 1. The number of aryl methyl sites for hydroxylation is 1. The Morgan fingerprint density at radius 2 is 1.71 bits per heavy atom. The Kier molecular flexibility index (Phi) is 8.03. The molecule has 0 radical (unpaired) electrons. The van der Waals surface area contributed by atoms with Gasteiger partial charge in [-0.15, -0.1) is 0 Å². The molecule has 2 aromatic heterocycles. The molecule has 2 atom stereocenters. The number of aromatic nitrogens is 4. The van der Waals surface area contributed by atoms with E-state index in [0.29, 0.717) is 17.4 Å². The van der Waals surface area contributed by atoms with Crippen LogP contribution < -0.4 is 16.3 Å². The van der Waals surface area contributed by atoms with Crippen molar-refractivity contribution >= 4 is 23.4 Å². The lowest BCUT2D eigenvalue weighted by Gasteiger charge is -2.39. The maximum Gasteiger partial charge on any atom is 0.325 e. The molecule has 4 aromatic rings. The monoisotopic (exact) mass is 611 g/mol. The standard InChI is InChI=1S/C34H41N7O4/c1-20-8-10-24(11-9-20)41-29(19-28(39-41)34(2,3)4)37-32(44)35-23-7-5-6-21(15-23)14-22-16-25-12-13-26(17-22)40(25)30(42)18-27-31(43)38-33(45)36-27/h5-11,15,19,22,25-26,43H,12-14,16-18H2,1-4H3,(H2,35,37,44)(H2,36,38,45). The van der Waals surface area contributed by atoms with Crippen LogP contribution in [0.2, 0.25) is 0 Å². The number of nitrogens with zero attached hydrogens (tertiary/aromatic N) is 3. The van der Waals surface area contributed by atoms with Crippen LogP contribution in [0.15, 0.2) is 59.4 Å². The number of hydrogen-bond acceptors (Lipinski definition) is 5. The number of imidazole rings is 1. The summed E-state index contributed by atoms with van der Waals surface area (Å²) in [5.74, 6) is 0.662. The zero-order valence-electron chi connectivity index (χ0n) is 26.2. The Bertz CT molecular complexity index is 1750. The van der Waals surface area contributed by atoms with E-state index in [2.05, 4.69) is 47.4 Å². The number of hydrogen-bond donors (Lipinski definition) is 5. The third-order valence-electron chi connectivity index (χ3n) is 8.94. The van der Waals surface area contributed by atoms with Gasteiger partial charge in [0.2, 0.25) is 11.8 Å². The van der Waals surface area contributed by atoms with Crippen molar-refractivity contribution < 1.29 is 14.7 Å². The van der Waals surface area contributed by atoms with Gasteiger partial charge in [-0.25, -0.2) is 14.3 Å². The van der Waals surface area contributed by atoms with E-state index in [0.717, 1.165) is 54.6 Å². The van der Waals surface area contributed by atoms with Gasteiger partial charge in [-0.3, -0.25) is 15.1 Å². The van der Waals surface area contributed by atoms with Crippen molar-refractivity contribution in [2.24, 2.45) is 5.92 Å². The second-order valence-electron chi connectivity index (χ2n) is 13.5. The number of aromatic amines is 2. The summed E-state index contributed by atoms with van der Waals surface area (Å²) in [6, 6.07) is 17.8. The number of piperidine rings is 1. The summed E-state index contributed by atoms with van der Waals surface area (Å²) in [5, 5.41) is 20.7. The van der Waals surface area contributed by atoms with Crippen LogP contribution >= 0.6 is 0 Å². The average Bonchev–Trinajstić information content (AvgIpc) is 3.62. The maximum absolute atomic E-state index is 13.2. The molecule has 11 heteroatoms. The fraction of sp³-hybridized carbons (Fsp3) is 0.412. The second-order valence-corrected chi connectivity index (χ2v) is 13.5. The minimum Gasteiger partial charge on any atom is -0.493 e. The number of rotatable bonds is 7. The minimum atomic E-state index is -0.519. The number of urea groups is 1. The van der Waals surface area contributed by atoms with Gasteiger partial charge >= 0.3 is 11.7 Å². The molecule has 3 amide bonds. The lowest BCUT2D eigenvalue weighted by molar-refractivity contribution is -0.135. The number of H-pyrrole nitrogens is 2. The van der Waals surface area contributed by atoms with Crippen LogP contribution in [0, 0.1) is 12.8 Å². The predicted octanol–water partition coefficient (Wildman–Crippen LogP) is 5.40. The molecule has 0 saturated carbocycles. The minimum absolute atomic E-state index is 0.0264. The van der Waals surface area contributed by atoms with Gasteiger partial charge in [0.05, 0.1) is 23.5 Å². The van der Waals surface area contributed by atoms with E-state index in [1.807, 2.05) is 60.4 Å². The van der Waals surface area contributed by atoms with Crippen molar-refractivity contribution in [1.82, 2.24) is 24.6 Å². The fourth-order valence-corrected chi connectivity index (χ4v) is 6.75. The lowest BCUT2D eigenvalue weighted by atomic mass is 9.85. The summed E-state index contributed by atoms with van der Waals surface area (Å²) >= 11 is 0. The van der Waals surface area contributed by atoms with Gasteiger partial charge in [0, 0.05) is 29.3 Å². The molecule has 45 heavy (non-hydrogen) atoms. The molecule has 2 aliphatic rings. The van der Waals surface area contributed by atoms with E-state index in [9.17, 15) is 19.5 Å². The van der Waals surface area contributed by atoms with E-state index < -0.39 is 5.69 Å². The number of anilines is 2. The summed E-state index contributed by atoms with van der Waals surface area (Å²) in [5.41, 5.74) is 4.25. The van der Waals surface area contributed by atoms with Crippen LogP contribution in [-0.2, 0) is 23.1 Å². The smallest absolute Gasteiger partial charge is 0.325 e. The topological polar surface area (TPSA) is 148 Å². The van der Waals surface area contributed by atoms with Gasteiger partial charge in [-0.2, -0.15) is 5.10 Å². The van der Waals surface area contributed by atoms with Gasteiger partial charge in [0.25, 0.3) is 0 Å². The Morgan fingerprint density at radius 1 is 1.00 bits per heavy atom. The number of fused-ring (bicyclic) bond motifs is 2. The van der Waals surface area contributed by atoms with Crippen molar-refractivity contribution in [2.75, 3.05) is 10.6 Å². The van der Waals surface area contributed by atoms with Crippen molar-refractivity contribution in [3.8, 4) is 11.6 Å². The molecule has 5 N–H and O–H groups in total. The first-order chi connectivity index (χ1) is 21.4. The highest BCUT2D eigenvalue weighted by Gasteiger charge is 2.43. The van der Waals surface area contributed by atoms with Crippen molar-refractivity contribution in [1.29, 1.82) is 0 Å². The normalized spacial score (nSPS) is 19.5. The largest absolute Gasteiger partial charge is 0.493 e. The van der Waals surface area contributed by atoms with Gasteiger partial charge in [-0.05, 0) is 74.8 Å². The first kappa shape index (κ1) is 30.2. The van der Waals surface area contributed by atoms with E-state index in [1.54, 1.807) is 4.68 Å². The first-order valence-corrected chi connectivity index (χ1v) is 15.6. The lowest BCUT2D eigenvalue weighted by Crippen LogP contribution is -2.47. The molecule has 236 valence electrons. The number of amides is 3. The third kappa shape index (κ3) is 6.67. The molecule has 2 unspecified atom stereocenters. The molecule has 2 fully saturated rings. The number of carbonyl (C=O) groups is 2. The van der Waals surface area contributed by atoms with E-state index >= 15 is 0 Å². The Balaban J connectivity index is 1.09. The second kappa shape index (κ2) is 11.9. The Labute approximate surface area is 262 Å². The highest BCUT2D eigenvalue weighted by Crippen LogP contribution is 2.40. The van der Waals surface area contributed by atoms with Crippen LogP contribution in [0.25, 0.3) is 5.69 Å². The highest BCUT2D eigenvalue weighted by atomic mass is 16.3. The number of carbonyl (C=O) groups excluding carboxylic acids is 2. The molecule has 2 aliphatic heterocycles. The maximum atomic E-state index is 13.2. The molecule has 11 nitrogen and oxygen atoms in total. The fourth-order valence-electron chi connectivity index (χ4n) is 6.75. The summed E-state index contributed by atoms with van der Waals surface area (Å²) in [6.45, 7) is 8.31. The molecular weight excluding hydrogens is 570 g/mol. The van der Waals surface area contributed by atoms with Crippen LogP contribution in [0.1, 0.15) is 69.0 Å². The van der Waals surface area contributed by atoms with Crippen LogP contribution in [0.3, 0.4) is 0 Å².